The molecular weight excluding hydrogens is 502 g/mol. The van der Waals surface area contributed by atoms with Crippen molar-refractivity contribution >= 4 is 51.6 Å². The highest BCUT2D eigenvalue weighted by atomic mass is 32.2. The molecule has 3 aromatic rings. The van der Waals surface area contributed by atoms with Crippen molar-refractivity contribution in [2.24, 2.45) is 0 Å². The number of imide groups is 1. The summed E-state index contributed by atoms with van der Waals surface area (Å²) in [6.45, 7) is 3.09. The largest absolute Gasteiger partial charge is 0.376 e. The number of amides is 3. The fourth-order valence-electron chi connectivity index (χ4n) is 4.87. The van der Waals surface area contributed by atoms with Crippen LogP contribution in [-0.4, -0.2) is 58.1 Å². The lowest BCUT2D eigenvalue weighted by atomic mass is 10.1. The van der Waals surface area contributed by atoms with Gasteiger partial charge in [-0.3, -0.25) is 24.1 Å². The molecular formula is C29H29N3O5S. The van der Waals surface area contributed by atoms with Gasteiger partial charge < -0.3 is 14.6 Å². The molecule has 0 saturated carbocycles. The Balaban J connectivity index is 1.38. The Kier molecular flexibility index (Phi) is 7.76. The van der Waals surface area contributed by atoms with Crippen molar-refractivity contribution in [3.63, 3.8) is 0 Å². The fraction of sp³-hybridized carbons (Fsp3) is 0.310. The highest BCUT2D eigenvalue weighted by Crippen LogP contribution is 2.35. The maximum absolute atomic E-state index is 13.1. The van der Waals surface area contributed by atoms with Crippen LogP contribution < -0.4 is 5.32 Å². The van der Waals surface area contributed by atoms with Crippen LogP contribution in [-0.2, 0) is 27.3 Å². The molecule has 2 saturated heterocycles. The second-order valence-electron chi connectivity index (χ2n) is 9.38. The van der Waals surface area contributed by atoms with Gasteiger partial charge in [-0.2, -0.15) is 0 Å². The van der Waals surface area contributed by atoms with E-state index in [2.05, 4.69) is 12.2 Å². The number of aromatic nitrogens is 1. The summed E-state index contributed by atoms with van der Waals surface area (Å²) in [7, 11) is 0. The van der Waals surface area contributed by atoms with E-state index in [1.807, 2.05) is 29.0 Å². The van der Waals surface area contributed by atoms with E-state index in [4.69, 9.17) is 4.74 Å². The lowest BCUT2D eigenvalue weighted by molar-refractivity contribution is -0.123. The van der Waals surface area contributed by atoms with Gasteiger partial charge in [0.15, 0.2) is 5.78 Å². The zero-order chi connectivity index (χ0) is 26.6. The predicted molar refractivity (Wildman–Crippen MR) is 147 cm³/mol. The van der Waals surface area contributed by atoms with Crippen molar-refractivity contribution in [3.8, 4) is 0 Å². The zero-order valence-corrected chi connectivity index (χ0v) is 22.0. The number of hydrogen-bond acceptors (Lipinski definition) is 6. The number of ether oxygens (including phenoxy) is 1. The summed E-state index contributed by atoms with van der Waals surface area (Å²) in [5.41, 5.74) is 3.19. The van der Waals surface area contributed by atoms with Gasteiger partial charge in [0.1, 0.15) is 6.54 Å². The number of carbonyl (C=O) groups is 4. The summed E-state index contributed by atoms with van der Waals surface area (Å²) >= 11 is 0.822. The fourth-order valence-corrected chi connectivity index (χ4v) is 5.70. The van der Waals surface area contributed by atoms with Gasteiger partial charge in [0.2, 0.25) is 5.91 Å². The van der Waals surface area contributed by atoms with E-state index < -0.39 is 11.1 Å². The first-order chi connectivity index (χ1) is 18.4. The minimum absolute atomic E-state index is 0.0616. The molecule has 5 rings (SSSR count). The molecule has 1 atom stereocenters. The van der Waals surface area contributed by atoms with Crippen LogP contribution in [0.15, 0.2) is 59.6 Å². The minimum Gasteiger partial charge on any atom is -0.376 e. The number of Topliss-reactive ketones (excluding diaryl/α,β-unsaturated/α-hetero) is 1. The molecule has 2 aliphatic rings. The number of thioether (sulfide) groups is 1. The van der Waals surface area contributed by atoms with Gasteiger partial charge in [-0.1, -0.05) is 55.5 Å². The van der Waals surface area contributed by atoms with Crippen LogP contribution in [0.25, 0.3) is 17.0 Å². The number of carbonyl (C=O) groups excluding carboxylic acids is 4. The molecule has 2 aliphatic heterocycles. The van der Waals surface area contributed by atoms with Gasteiger partial charge >= 0.3 is 0 Å². The van der Waals surface area contributed by atoms with Crippen molar-refractivity contribution < 1.29 is 23.9 Å². The van der Waals surface area contributed by atoms with E-state index in [1.54, 1.807) is 36.4 Å². The summed E-state index contributed by atoms with van der Waals surface area (Å²) in [6.07, 6.45) is 6.32. The molecule has 0 bridgehead atoms. The molecule has 8 nitrogen and oxygen atoms in total. The maximum Gasteiger partial charge on any atom is 0.293 e. The summed E-state index contributed by atoms with van der Waals surface area (Å²) < 4.78 is 7.50. The Hall–Kier alpha value is -3.69. The molecule has 1 N–H and O–H groups in total. The number of nitrogens with one attached hydrogen (secondary N) is 1. The first kappa shape index (κ1) is 25.9. The number of ketones is 1. The zero-order valence-electron chi connectivity index (χ0n) is 21.1. The van der Waals surface area contributed by atoms with Crippen LogP contribution in [0.2, 0.25) is 0 Å². The van der Waals surface area contributed by atoms with Gasteiger partial charge in [0.25, 0.3) is 11.1 Å². The molecule has 0 unspecified atom stereocenters. The van der Waals surface area contributed by atoms with Crippen molar-refractivity contribution in [1.82, 2.24) is 14.8 Å². The van der Waals surface area contributed by atoms with Gasteiger partial charge in [0, 0.05) is 35.9 Å². The van der Waals surface area contributed by atoms with E-state index in [0.29, 0.717) is 12.1 Å². The standard InChI is InChI=1S/C29H29N3O5S/c1-2-19-10-6-12-23-21(16-31(27(19)23)18-26(34)30-15-22-11-7-13-37-22)14-25-28(35)32(29(36)38-25)17-24(33)20-8-4-3-5-9-20/h3-6,8-10,12,14,16,22H,2,7,11,13,15,17-18H2,1H3,(H,30,34)/b25-14-/t22-/m1/s1. The number of benzene rings is 2. The molecule has 0 aliphatic carbocycles. The summed E-state index contributed by atoms with van der Waals surface area (Å²) in [4.78, 5) is 52.4. The second kappa shape index (κ2) is 11.4. The number of fused-ring (bicyclic) bond motifs is 1. The van der Waals surface area contributed by atoms with Crippen LogP contribution in [0, 0.1) is 0 Å². The summed E-state index contributed by atoms with van der Waals surface area (Å²) in [5.74, 6) is -0.909. The second-order valence-corrected chi connectivity index (χ2v) is 10.4. The lowest BCUT2D eigenvalue weighted by Crippen LogP contribution is -2.34. The predicted octanol–water partition coefficient (Wildman–Crippen LogP) is 4.42. The number of aryl methyl sites for hydroxylation is 1. The van der Waals surface area contributed by atoms with Crippen LogP contribution >= 0.6 is 11.8 Å². The number of nitrogens with zero attached hydrogens (tertiary/aromatic N) is 2. The first-order valence-corrected chi connectivity index (χ1v) is 13.6. The summed E-state index contributed by atoms with van der Waals surface area (Å²) in [6, 6.07) is 14.5. The van der Waals surface area contributed by atoms with E-state index >= 15 is 0 Å². The minimum atomic E-state index is -0.494. The Morgan fingerprint density at radius 1 is 1.11 bits per heavy atom. The Labute approximate surface area is 225 Å². The Morgan fingerprint density at radius 2 is 1.92 bits per heavy atom. The molecule has 2 fully saturated rings. The Bertz CT molecular complexity index is 1420. The molecule has 1 aromatic heterocycles. The molecule has 0 spiro atoms. The molecule has 0 radical (unpaired) electrons. The van der Waals surface area contributed by atoms with Crippen LogP contribution in [0.3, 0.4) is 0 Å². The third-order valence-electron chi connectivity index (χ3n) is 6.82. The highest BCUT2D eigenvalue weighted by molar-refractivity contribution is 8.18. The quantitative estimate of drug-likeness (QED) is 0.324. The topological polar surface area (TPSA) is 97.7 Å². The molecule has 38 heavy (non-hydrogen) atoms. The van der Waals surface area contributed by atoms with Gasteiger partial charge in [0.05, 0.1) is 23.1 Å². The maximum atomic E-state index is 13.1. The Morgan fingerprint density at radius 3 is 2.66 bits per heavy atom. The van der Waals surface area contributed by atoms with E-state index in [-0.39, 0.29) is 35.8 Å². The molecule has 2 aromatic carbocycles. The van der Waals surface area contributed by atoms with Crippen molar-refractivity contribution in [2.45, 2.75) is 38.8 Å². The highest BCUT2D eigenvalue weighted by Gasteiger charge is 2.36. The van der Waals surface area contributed by atoms with Crippen LogP contribution in [0.5, 0.6) is 0 Å². The van der Waals surface area contributed by atoms with Crippen LogP contribution in [0.4, 0.5) is 4.79 Å². The van der Waals surface area contributed by atoms with Gasteiger partial charge in [-0.25, -0.2) is 0 Å². The number of hydrogen-bond donors (Lipinski definition) is 1. The normalized spacial score (nSPS) is 18.6. The van der Waals surface area contributed by atoms with E-state index in [1.165, 1.54) is 0 Å². The molecule has 9 heteroatoms. The number of para-hydroxylation sites is 1. The molecule has 3 amide bonds. The van der Waals surface area contributed by atoms with Gasteiger partial charge in [-0.05, 0) is 42.7 Å². The third-order valence-corrected chi connectivity index (χ3v) is 7.72. The SMILES string of the molecule is CCc1cccc2c(/C=C3\SC(=O)N(CC(=O)c4ccccc4)C3=O)cn(CC(=O)NC[C@H]3CCCO3)c12. The van der Waals surface area contributed by atoms with Crippen molar-refractivity contribution in [1.29, 1.82) is 0 Å². The molecule has 3 heterocycles. The lowest BCUT2D eigenvalue weighted by Gasteiger charge is -2.12. The van der Waals surface area contributed by atoms with Crippen molar-refractivity contribution in [3.05, 3.63) is 76.3 Å². The molecule has 196 valence electrons. The third kappa shape index (κ3) is 5.44. The number of rotatable bonds is 9. The average Bonchev–Trinajstić information content (AvgIpc) is 3.64. The monoisotopic (exact) mass is 531 g/mol. The average molecular weight is 532 g/mol. The summed E-state index contributed by atoms with van der Waals surface area (Å²) in [5, 5.41) is 3.38. The van der Waals surface area contributed by atoms with Crippen LogP contribution in [0.1, 0.15) is 41.3 Å². The van der Waals surface area contributed by atoms with E-state index in [0.717, 1.165) is 64.6 Å². The first-order valence-electron chi connectivity index (χ1n) is 12.8. The van der Waals surface area contributed by atoms with E-state index in [9.17, 15) is 19.2 Å². The smallest absolute Gasteiger partial charge is 0.293 e. The van der Waals surface area contributed by atoms with Gasteiger partial charge in [-0.15, -0.1) is 0 Å². The van der Waals surface area contributed by atoms with Crippen molar-refractivity contribution in [2.75, 3.05) is 19.7 Å².